The van der Waals surface area contributed by atoms with Crippen molar-refractivity contribution < 1.29 is 4.74 Å². The Morgan fingerprint density at radius 3 is 2.84 bits per heavy atom. The minimum absolute atomic E-state index is 0.262. The Kier molecular flexibility index (Phi) is 3.88. The van der Waals surface area contributed by atoms with E-state index in [9.17, 15) is 4.79 Å². The van der Waals surface area contributed by atoms with Gasteiger partial charge in [-0.25, -0.2) is 0 Å². The smallest absolute Gasteiger partial charge is 0.248 e. The second-order valence-corrected chi connectivity index (χ2v) is 4.25. The van der Waals surface area contributed by atoms with Gasteiger partial charge in [-0.2, -0.15) is 5.26 Å². The topological polar surface area (TPSA) is 65.9 Å². The van der Waals surface area contributed by atoms with Gasteiger partial charge < -0.3 is 9.72 Å². The molecule has 0 unspecified atom stereocenters. The van der Waals surface area contributed by atoms with Crippen molar-refractivity contribution in [1.29, 1.82) is 5.26 Å². The first-order valence-electron chi connectivity index (χ1n) is 5.71. The summed E-state index contributed by atoms with van der Waals surface area (Å²) in [4.78, 5) is 14.0. The van der Waals surface area contributed by atoms with E-state index in [2.05, 4.69) is 11.1 Å². The third-order valence-electron chi connectivity index (χ3n) is 2.58. The second-order valence-electron chi connectivity index (χ2n) is 3.81. The van der Waals surface area contributed by atoms with Crippen molar-refractivity contribution in [3.63, 3.8) is 0 Å². The van der Waals surface area contributed by atoms with Crippen molar-refractivity contribution in [1.82, 2.24) is 4.98 Å². The number of halogens is 1. The Hall–Kier alpha value is -2.25. The summed E-state index contributed by atoms with van der Waals surface area (Å²) in [6.07, 6.45) is 1.49. The summed E-state index contributed by atoms with van der Waals surface area (Å²) < 4.78 is 5.46. The Morgan fingerprint density at radius 2 is 2.16 bits per heavy atom. The van der Waals surface area contributed by atoms with E-state index in [0.717, 1.165) is 0 Å². The minimum Gasteiger partial charge on any atom is -0.492 e. The fourth-order valence-corrected chi connectivity index (χ4v) is 1.95. The highest BCUT2D eigenvalue weighted by atomic mass is 35.5. The number of aromatic nitrogens is 1. The van der Waals surface area contributed by atoms with Crippen LogP contribution in [0.5, 0.6) is 5.75 Å². The number of nitrogens with one attached hydrogen (secondary N) is 1. The third-order valence-corrected chi connectivity index (χ3v) is 2.81. The molecule has 0 aliphatic heterocycles. The molecule has 0 atom stereocenters. The van der Waals surface area contributed by atoms with Crippen LogP contribution in [-0.2, 0) is 0 Å². The Morgan fingerprint density at radius 1 is 1.37 bits per heavy atom. The summed E-state index contributed by atoms with van der Waals surface area (Å²) in [5.41, 5.74) is 1.33. The molecule has 1 heterocycles. The van der Waals surface area contributed by atoms with Gasteiger partial charge in [-0.15, -0.1) is 0 Å². The van der Waals surface area contributed by atoms with Crippen LogP contribution in [0.3, 0.4) is 0 Å². The van der Waals surface area contributed by atoms with Crippen LogP contribution in [0.4, 0.5) is 0 Å². The normalized spacial score (nSPS) is 9.95. The van der Waals surface area contributed by atoms with Crippen LogP contribution in [-0.4, -0.2) is 11.6 Å². The molecule has 4 nitrogen and oxygen atoms in total. The van der Waals surface area contributed by atoms with Gasteiger partial charge in [0.15, 0.2) is 0 Å². The summed E-state index contributed by atoms with van der Waals surface area (Å²) >= 11 is 5.96. The fourth-order valence-electron chi connectivity index (χ4n) is 1.78. The molecular weight excluding hydrogens is 264 g/mol. The standard InChI is InChI=1S/C14H11ClN2O2/c1-2-19-13-8-17-14(18)6-12(13)11-5-10(15)4-3-9(11)7-16/h3-6,8H,2H2,1H3,(H,17,18). The first-order valence-corrected chi connectivity index (χ1v) is 6.09. The number of nitriles is 1. The average molecular weight is 275 g/mol. The van der Waals surface area contributed by atoms with Crippen molar-refractivity contribution in [3.8, 4) is 22.9 Å². The van der Waals surface area contributed by atoms with Crippen LogP contribution in [0, 0.1) is 11.3 Å². The lowest BCUT2D eigenvalue weighted by atomic mass is 10.0. The van der Waals surface area contributed by atoms with Gasteiger partial charge in [0.1, 0.15) is 5.75 Å². The molecule has 5 heteroatoms. The molecule has 0 saturated heterocycles. The highest BCUT2D eigenvalue weighted by Crippen LogP contribution is 2.32. The van der Waals surface area contributed by atoms with Crippen LogP contribution in [0.15, 0.2) is 35.3 Å². The number of nitrogens with zero attached hydrogens (tertiary/aromatic N) is 1. The number of H-pyrrole nitrogens is 1. The zero-order valence-corrected chi connectivity index (χ0v) is 11.0. The highest BCUT2D eigenvalue weighted by Gasteiger charge is 2.12. The van der Waals surface area contributed by atoms with Gasteiger partial charge in [0.2, 0.25) is 5.56 Å². The molecule has 0 spiro atoms. The van der Waals surface area contributed by atoms with E-state index in [-0.39, 0.29) is 5.56 Å². The largest absolute Gasteiger partial charge is 0.492 e. The van der Waals surface area contributed by atoms with Crippen LogP contribution >= 0.6 is 11.6 Å². The van der Waals surface area contributed by atoms with Crippen LogP contribution in [0.25, 0.3) is 11.1 Å². The van der Waals surface area contributed by atoms with Gasteiger partial charge >= 0.3 is 0 Å². The Labute approximate surface area is 115 Å². The zero-order valence-electron chi connectivity index (χ0n) is 10.2. The van der Waals surface area contributed by atoms with Crippen LogP contribution in [0.2, 0.25) is 5.02 Å². The lowest BCUT2D eigenvalue weighted by Crippen LogP contribution is -2.06. The van der Waals surface area contributed by atoms with Crippen molar-refractivity contribution in [3.05, 3.63) is 51.4 Å². The van der Waals surface area contributed by atoms with E-state index in [4.69, 9.17) is 21.6 Å². The molecule has 0 saturated carbocycles. The van der Waals surface area contributed by atoms with Crippen LogP contribution in [0.1, 0.15) is 12.5 Å². The molecular formula is C14H11ClN2O2. The average Bonchev–Trinajstić information content (AvgIpc) is 2.41. The highest BCUT2D eigenvalue weighted by molar-refractivity contribution is 6.31. The molecule has 0 amide bonds. The molecule has 1 N–H and O–H groups in total. The second kappa shape index (κ2) is 5.59. The van der Waals surface area contributed by atoms with Gasteiger partial charge in [-0.05, 0) is 25.1 Å². The molecule has 0 aliphatic rings. The molecule has 1 aromatic heterocycles. The van der Waals surface area contributed by atoms with E-state index in [0.29, 0.717) is 34.1 Å². The molecule has 0 bridgehead atoms. The summed E-state index contributed by atoms with van der Waals surface area (Å²) in [7, 11) is 0. The maximum absolute atomic E-state index is 11.5. The van der Waals surface area contributed by atoms with Crippen LogP contribution < -0.4 is 10.3 Å². The van der Waals surface area contributed by atoms with E-state index in [1.807, 2.05) is 6.92 Å². The number of hydrogen-bond acceptors (Lipinski definition) is 3. The molecule has 2 aromatic rings. The molecule has 1 aromatic carbocycles. The maximum atomic E-state index is 11.5. The van der Waals surface area contributed by atoms with Crippen molar-refractivity contribution >= 4 is 11.6 Å². The van der Waals surface area contributed by atoms with Gasteiger partial charge in [-0.3, -0.25) is 4.79 Å². The number of aromatic amines is 1. The molecule has 0 radical (unpaired) electrons. The van der Waals surface area contributed by atoms with Gasteiger partial charge in [0.25, 0.3) is 0 Å². The van der Waals surface area contributed by atoms with E-state index >= 15 is 0 Å². The fraction of sp³-hybridized carbons (Fsp3) is 0.143. The SMILES string of the molecule is CCOc1c[nH]c(=O)cc1-c1cc(Cl)ccc1C#N. The van der Waals surface area contributed by atoms with Crippen molar-refractivity contribution in [2.24, 2.45) is 0 Å². The maximum Gasteiger partial charge on any atom is 0.248 e. The van der Waals surface area contributed by atoms with E-state index < -0.39 is 0 Å². The molecule has 2 rings (SSSR count). The molecule has 19 heavy (non-hydrogen) atoms. The summed E-state index contributed by atoms with van der Waals surface area (Å²) in [5, 5.41) is 9.64. The predicted octanol–water partition coefficient (Wildman–Crippen LogP) is 2.97. The minimum atomic E-state index is -0.262. The van der Waals surface area contributed by atoms with Gasteiger partial charge in [0.05, 0.1) is 18.2 Å². The zero-order chi connectivity index (χ0) is 13.8. The first-order chi connectivity index (χ1) is 9.15. The Bertz CT molecular complexity index is 701. The summed E-state index contributed by atoms with van der Waals surface area (Å²) in [5.74, 6) is 0.515. The third kappa shape index (κ3) is 2.78. The number of rotatable bonds is 3. The van der Waals surface area contributed by atoms with Crippen molar-refractivity contribution in [2.45, 2.75) is 6.92 Å². The quantitative estimate of drug-likeness (QED) is 0.936. The number of hydrogen-bond donors (Lipinski definition) is 1. The lowest BCUT2D eigenvalue weighted by Gasteiger charge is -2.11. The lowest BCUT2D eigenvalue weighted by molar-refractivity contribution is 0.340. The number of benzene rings is 1. The molecule has 96 valence electrons. The summed E-state index contributed by atoms with van der Waals surface area (Å²) in [6.45, 7) is 2.31. The molecule has 0 fully saturated rings. The van der Waals surface area contributed by atoms with E-state index in [1.54, 1.807) is 18.2 Å². The summed E-state index contributed by atoms with van der Waals surface area (Å²) in [6, 6.07) is 8.39. The Balaban J connectivity index is 2.70. The predicted molar refractivity (Wildman–Crippen MR) is 73.4 cm³/mol. The first kappa shape index (κ1) is 13.2. The number of pyridine rings is 1. The van der Waals surface area contributed by atoms with Gasteiger partial charge in [0, 0.05) is 28.4 Å². The van der Waals surface area contributed by atoms with Crippen molar-refractivity contribution in [2.75, 3.05) is 6.61 Å². The monoisotopic (exact) mass is 274 g/mol. The molecule has 0 aliphatic carbocycles. The van der Waals surface area contributed by atoms with Gasteiger partial charge in [-0.1, -0.05) is 11.6 Å². The van der Waals surface area contributed by atoms with E-state index in [1.165, 1.54) is 12.3 Å². The number of ether oxygens (including phenoxy) is 1.